The Hall–Kier alpha value is -1.49. The molecule has 1 aliphatic heterocycles. The molecule has 5 heteroatoms. The van der Waals surface area contributed by atoms with E-state index in [1.54, 1.807) is 0 Å². The fourth-order valence-electron chi connectivity index (χ4n) is 2.52. The van der Waals surface area contributed by atoms with Crippen molar-refractivity contribution in [3.63, 3.8) is 0 Å². The van der Waals surface area contributed by atoms with Crippen molar-refractivity contribution in [1.29, 1.82) is 0 Å². The Kier molecular flexibility index (Phi) is 4.93. The second-order valence-corrected chi connectivity index (χ2v) is 6.10. The van der Waals surface area contributed by atoms with Gasteiger partial charge in [0.2, 0.25) is 5.91 Å². The van der Waals surface area contributed by atoms with Crippen LogP contribution in [0, 0.1) is 29.4 Å². The van der Waals surface area contributed by atoms with Crippen LogP contribution < -0.4 is 10.6 Å². The summed E-state index contributed by atoms with van der Waals surface area (Å²) >= 11 is 0. The molecule has 0 bridgehead atoms. The minimum Gasteiger partial charge on any atom is -0.349 e. The highest BCUT2D eigenvalue weighted by Gasteiger charge is 2.31. The third-order valence-corrected chi connectivity index (χ3v) is 4.20. The average Bonchev–Trinajstić information content (AvgIpc) is 2.34. The molecular weight excluding hydrogens is 274 g/mol. The molecule has 1 saturated heterocycles. The summed E-state index contributed by atoms with van der Waals surface area (Å²) in [5.41, 5.74) is 0.332. The molecule has 1 aromatic rings. The molecule has 21 heavy (non-hydrogen) atoms. The van der Waals surface area contributed by atoms with Crippen LogP contribution in [0.1, 0.15) is 32.4 Å². The number of hydrogen-bond acceptors (Lipinski definition) is 2. The van der Waals surface area contributed by atoms with E-state index >= 15 is 0 Å². The Labute approximate surface area is 124 Å². The van der Waals surface area contributed by atoms with Gasteiger partial charge in [-0.05, 0) is 31.0 Å². The first-order chi connectivity index (χ1) is 9.90. The second kappa shape index (κ2) is 6.52. The zero-order chi connectivity index (χ0) is 15.6. The van der Waals surface area contributed by atoms with Gasteiger partial charge in [0.1, 0.15) is 11.6 Å². The van der Waals surface area contributed by atoms with Crippen LogP contribution in [-0.2, 0) is 4.79 Å². The number of amides is 1. The zero-order valence-electron chi connectivity index (χ0n) is 12.6. The summed E-state index contributed by atoms with van der Waals surface area (Å²) in [5.74, 6) is -1.08. The Morgan fingerprint density at radius 1 is 1.29 bits per heavy atom. The highest BCUT2D eigenvalue weighted by atomic mass is 19.1. The van der Waals surface area contributed by atoms with Gasteiger partial charge in [-0.25, -0.2) is 8.78 Å². The lowest BCUT2D eigenvalue weighted by Gasteiger charge is -2.33. The largest absolute Gasteiger partial charge is 0.349 e. The highest BCUT2D eigenvalue weighted by molar-refractivity contribution is 5.79. The van der Waals surface area contributed by atoms with Gasteiger partial charge in [-0.1, -0.05) is 26.8 Å². The van der Waals surface area contributed by atoms with E-state index in [4.69, 9.17) is 0 Å². The van der Waals surface area contributed by atoms with E-state index in [1.165, 1.54) is 12.1 Å². The van der Waals surface area contributed by atoms with E-state index in [2.05, 4.69) is 10.6 Å². The molecule has 1 fully saturated rings. The van der Waals surface area contributed by atoms with Crippen molar-refractivity contribution in [1.82, 2.24) is 10.6 Å². The lowest BCUT2D eigenvalue weighted by atomic mass is 9.87. The van der Waals surface area contributed by atoms with Gasteiger partial charge < -0.3 is 10.6 Å². The van der Waals surface area contributed by atoms with Crippen molar-refractivity contribution in [3.8, 4) is 0 Å². The van der Waals surface area contributed by atoms with Crippen LogP contribution in [0.4, 0.5) is 8.78 Å². The van der Waals surface area contributed by atoms with Gasteiger partial charge >= 0.3 is 0 Å². The maximum atomic E-state index is 13.9. The van der Waals surface area contributed by atoms with E-state index in [-0.39, 0.29) is 17.7 Å². The molecule has 0 aliphatic carbocycles. The molecule has 3 nitrogen and oxygen atoms in total. The molecule has 2 rings (SSSR count). The maximum Gasteiger partial charge on any atom is 0.223 e. The van der Waals surface area contributed by atoms with Gasteiger partial charge in [0.25, 0.3) is 0 Å². The van der Waals surface area contributed by atoms with E-state index in [0.717, 1.165) is 19.2 Å². The molecule has 116 valence electrons. The van der Waals surface area contributed by atoms with Crippen LogP contribution in [0.25, 0.3) is 0 Å². The van der Waals surface area contributed by atoms with Crippen LogP contribution in [-0.4, -0.2) is 19.0 Å². The quantitative estimate of drug-likeness (QED) is 0.877. The summed E-state index contributed by atoms with van der Waals surface area (Å²) in [6, 6.07) is 3.04. The average molecular weight is 296 g/mol. The smallest absolute Gasteiger partial charge is 0.223 e. The van der Waals surface area contributed by atoms with Gasteiger partial charge in [0, 0.05) is 17.5 Å². The van der Waals surface area contributed by atoms with E-state index in [0.29, 0.717) is 11.5 Å². The van der Waals surface area contributed by atoms with Crippen LogP contribution in [0.15, 0.2) is 18.2 Å². The predicted molar refractivity (Wildman–Crippen MR) is 77.6 cm³/mol. The lowest BCUT2D eigenvalue weighted by molar-refractivity contribution is -0.127. The summed E-state index contributed by atoms with van der Waals surface area (Å²) in [5, 5.41) is 6.05. The molecular formula is C16H22F2N2O. The molecule has 0 saturated carbocycles. The Morgan fingerprint density at radius 2 is 1.95 bits per heavy atom. The first kappa shape index (κ1) is 15.9. The molecule has 0 spiro atoms. The van der Waals surface area contributed by atoms with Crippen LogP contribution in [0.5, 0.6) is 0 Å². The zero-order valence-corrected chi connectivity index (χ0v) is 12.6. The number of halogens is 2. The van der Waals surface area contributed by atoms with Crippen LogP contribution >= 0.6 is 0 Å². The molecule has 2 N–H and O–H groups in total. The van der Waals surface area contributed by atoms with Crippen molar-refractivity contribution in [2.24, 2.45) is 17.8 Å². The Balaban J connectivity index is 2.13. The predicted octanol–water partition coefficient (Wildman–Crippen LogP) is 2.63. The first-order valence-corrected chi connectivity index (χ1v) is 7.36. The molecule has 1 aromatic carbocycles. The van der Waals surface area contributed by atoms with Gasteiger partial charge in [-0.15, -0.1) is 0 Å². The van der Waals surface area contributed by atoms with Crippen LogP contribution in [0.2, 0.25) is 0 Å². The Morgan fingerprint density at radius 3 is 2.43 bits per heavy atom. The molecule has 2 atom stereocenters. The number of carbonyl (C=O) groups excluding carboxylic acids is 1. The summed E-state index contributed by atoms with van der Waals surface area (Å²) in [6.45, 7) is 7.38. The maximum absolute atomic E-state index is 13.9. The van der Waals surface area contributed by atoms with Gasteiger partial charge in [0.15, 0.2) is 0 Å². The van der Waals surface area contributed by atoms with Gasteiger partial charge in [0.05, 0.1) is 6.04 Å². The van der Waals surface area contributed by atoms with Crippen molar-refractivity contribution in [2.45, 2.75) is 26.8 Å². The SMILES string of the molecule is CC(C)C(NC(=O)C(C)C1CNC1)c1ccc(F)cc1F. The van der Waals surface area contributed by atoms with Gasteiger partial charge in [-0.2, -0.15) is 0 Å². The number of hydrogen-bond donors (Lipinski definition) is 2. The first-order valence-electron chi connectivity index (χ1n) is 7.36. The third kappa shape index (κ3) is 3.59. The summed E-state index contributed by atoms with van der Waals surface area (Å²) < 4.78 is 27.0. The van der Waals surface area contributed by atoms with Crippen molar-refractivity contribution in [2.75, 3.05) is 13.1 Å². The normalized spacial score (nSPS) is 18.2. The van der Waals surface area contributed by atoms with Crippen molar-refractivity contribution in [3.05, 3.63) is 35.4 Å². The number of benzene rings is 1. The summed E-state index contributed by atoms with van der Waals surface area (Å²) in [7, 11) is 0. The van der Waals surface area contributed by atoms with Crippen molar-refractivity contribution < 1.29 is 13.6 Å². The van der Waals surface area contributed by atoms with E-state index in [1.807, 2.05) is 20.8 Å². The minimum absolute atomic E-state index is 0.0145. The van der Waals surface area contributed by atoms with Crippen LogP contribution in [0.3, 0.4) is 0 Å². The molecule has 0 aromatic heterocycles. The lowest BCUT2D eigenvalue weighted by Crippen LogP contribution is -2.50. The number of nitrogens with one attached hydrogen (secondary N) is 2. The molecule has 1 heterocycles. The standard InChI is InChI=1S/C16H22F2N2O/c1-9(2)15(13-5-4-12(17)6-14(13)18)20-16(21)10(3)11-7-19-8-11/h4-6,9-11,15,19H,7-8H2,1-3H3,(H,20,21). The summed E-state index contributed by atoms with van der Waals surface area (Å²) in [6.07, 6.45) is 0. The number of carbonyl (C=O) groups is 1. The number of rotatable bonds is 5. The summed E-state index contributed by atoms with van der Waals surface area (Å²) in [4.78, 5) is 12.3. The van der Waals surface area contributed by atoms with E-state index in [9.17, 15) is 13.6 Å². The van der Waals surface area contributed by atoms with Crippen molar-refractivity contribution >= 4 is 5.91 Å². The van der Waals surface area contributed by atoms with Gasteiger partial charge in [-0.3, -0.25) is 4.79 Å². The highest BCUT2D eigenvalue weighted by Crippen LogP contribution is 2.26. The molecule has 1 amide bonds. The van der Waals surface area contributed by atoms with E-state index < -0.39 is 17.7 Å². The molecule has 0 radical (unpaired) electrons. The molecule has 2 unspecified atom stereocenters. The third-order valence-electron chi connectivity index (χ3n) is 4.20. The topological polar surface area (TPSA) is 41.1 Å². The monoisotopic (exact) mass is 296 g/mol. The fourth-order valence-corrected chi connectivity index (χ4v) is 2.52. The minimum atomic E-state index is -0.619. The second-order valence-electron chi connectivity index (χ2n) is 6.10. The Bertz CT molecular complexity index is 515. The fraction of sp³-hybridized carbons (Fsp3) is 0.562. The molecule has 1 aliphatic rings.